The number of benzene rings is 2. The van der Waals surface area contributed by atoms with Gasteiger partial charge in [0.2, 0.25) is 10.0 Å². The van der Waals surface area contributed by atoms with E-state index in [4.69, 9.17) is 4.74 Å². The Bertz CT molecular complexity index is 832. The van der Waals surface area contributed by atoms with Crippen molar-refractivity contribution in [1.29, 1.82) is 0 Å². The molecule has 2 aromatic rings. The average molecular weight is 378 g/mol. The number of hydrogen-bond donors (Lipinski definition) is 0. The summed E-state index contributed by atoms with van der Waals surface area (Å²) in [4.78, 5) is 2.32. The second-order valence-corrected chi connectivity index (χ2v) is 8.25. The summed E-state index contributed by atoms with van der Waals surface area (Å²) in [5.41, 5.74) is 1.10. The monoisotopic (exact) mass is 378 g/mol. The molecule has 1 aliphatic rings. The van der Waals surface area contributed by atoms with E-state index < -0.39 is 15.8 Å². The van der Waals surface area contributed by atoms with Crippen LogP contribution in [-0.2, 0) is 10.0 Å². The number of piperazine rings is 1. The van der Waals surface area contributed by atoms with Crippen LogP contribution in [0.3, 0.4) is 0 Å². The molecule has 0 spiro atoms. The first-order valence-corrected chi connectivity index (χ1v) is 10.1. The Morgan fingerprint density at radius 1 is 1.00 bits per heavy atom. The molecular formula is C19H23FN2O3S. The average Bonchev–Trinajstić information content (AvgIpc) is 2.64. The zero-order chi connectivity index (χ0) is 18.6. The molecule has 1 heterocycles. The Kier molecular flexibility index (Phi) is 5.90. The Morgan fingerprint density at radius 2 is 1.65 bits per heavy atom. The van der Waals surface area contributed by atoms with Gasteiger partial charge in [0.15, 0.2) is 0 Å². The number of nitrogens with zero attached hydrogens (tertiary/aromatic N) is 2. The van der Waals surface area contributed by atoms with E-state index in [9.17, 15) is 12.8 Å². The van der Waals surface area contributed by atoms with Crippen LogP contribution in [0.15, 0.2) is 53.4 Å². The third kappa shape index (κ3) is 4.41. The highest BCUT2D eigenvalue weighted by atomic mass is 32.2. The smallest absolute Gasteiger partial charge is 0.243 e. The van der Waals surface area contributed by atoms with E-state index in [0.29, 0.717) is 32.8 Å². The topological polar surface area (TPSA) is 49.9 Å². The summed E-state index contributed by atoms with van der Waals surface area (Å²) in [7, 11) is -3.56. The molecule has 7 heteroatoms. The second kappa shape index (κ2) is 8.16. The van der Waals surface area contributed by atoms with Crippen molar-refractivity contribution in [1.82, 2.24) is 9.21 Å². The Balaban J connectivity index is 1.49. The van der Waals surface area contributed by atoms with E-state index in [1.807, 2.05) is 31.2 Å². The van der Waals surface area contributed by atoms with Crippen molar-refractivity contribution < 1.29 is 17.5 Å². The second-order valence-electron chi connectivity index (χ2n) is 6.31. The number of halogens is 1. The maximum atomic E-state index is 13.0. The maximum absolute atomic E-state index is 13.0. The number of sulfonamides is 1. The van der Waals surface area contributed by atoms with Crippen LogP contribution in [0.1, 0.15) is 5.56 Å². The van der Waals surface area contributed by atoms with Gasteiger partial charge in [0.1, 0.15) is 18.2 Å². The number of para-hydroxylation sites is 1. The highest BCUT2D eigenvalue weighted by Gasteiger charge is 2.28. The molecule has 0 unspecified atom stereocenters. The van der Waals surface area contributed by atoms with E-state index >= 15 is 0 Å². The summed E-state index contributed by atoms with van der Waals surface area (Å²) >= 11 is 0. The summed E-state index contributed by atoms with van der Waals surface area (Å²) in [5.74, 6) is 0.437. The number of rotatable bonds is 6. The fourth-order valence-corrected chi connectivity index (χ4v) is 4.37. The van der Waals surface area contributed by atoms with E-state index in [1.165, 1.54) is 28.6 Å². The first-order chi connectivity index (χ1) is 12.5. The van der Waals surface area contributed by atoms with Crippen molar-refractivity contribution in [3.63, 3.8) is 0 Å². The van der Waals surface area contributed by atoms with Crippen molar-refractivity contribution in [3.05, 3.63) is 59.9 Å². The molecule has 1 aliphatic heterocycles. The zero-order valence-corrected chi connectivity index (χ0v) is 15.6. The lowest BCUT2D eigenvalue weighted by Gasteiger charge is -2.33. The van der Waals surface area contributed by atoms with Gasteiger partial charge in [-0.05, 0) is 42.8 Å². The van der Waals surface area contributed by atoms with Crippen LogP contribution in [0.2, 0.25) is 0 Å². The summed E-state index contributed by atoms with van der Waals surface area (Å²) in [6.45, 7) is 5.46. The lowest BCUT2D eigenvalue weighted by Crippen LogP contribution is -2.49. The SMILES string of the molecule is Cc1ccccc1OCCN1CCN(S(=O)(=O)c2ccc(F)cc2)CC1. The summed E-state index contributed by atoms with van der Waals surface area (Å²) in [6, 6.07) is 12.8. The van der Waals surface area contributed by atoms with Crippen LogP contribution in [-0.4, -0.2) is 57.0 Å². The third-order valence-electron chi connectivity index (χ3n) is 4.54. The van der Waals surface area contributed by atoms with E-state index in [0.717, 1.165) is 17.9 Å². The molecule has 0 radical (unpaired) electrons. The van der Waals surface area contributed by atoms with Crippen LogP contribution < -0.4 is 4.74 Å². The maximum Gasteiger partial charge on any atom is 0.243 e. The molecule has 1 fully saturated rings. The zero-order valence-electron chi connectivity index (χ0n) is 14.8. The minimum absolute atomic E-state index is 0.134. The van der Waals surface area contributed by atoms with Gasteiger partial charge in [-0.25, -0.2) is 12.8 Å². The molecule has 0 N–H and O–H groups in total. The predicted molar refractivity (Wildman–Crippen MR) is 98.3 cm³/mol. The van der Waals surface area contributed by atoms with Crippen LogP contribution in [0.4, 0.5) is 4.39 Å². The Hall–Kier alpha value is -1.96. The highest BCUT2D eigenvalue weighted by molar-refractivity contribution is 7.89. The quantitative estimate of drug-likeness (QED) is 0.775. The molecule has 140 valence electrons. The molecule has 0 saturated carbocycles. The fraction of sp³-hybridized carbons (Fsp3) is 0.368. The molecule has 0 atom stereocenters. The molecule has 1 saturated heterocycles. The molecule has 0 bridgehead atoms. The van der Waals surface area contributed by atoms with Crippen molar-refractivity contribution in [3.8, 4) is 5.75 Å². The summed E-state index contributed by atoms with van der Waals surface area (Å²) in [5, 5.41) is 0. The number of aryl methyl sites for hydroxylation is 1. The predicted octanol–water partition coefficient (Wildman–Crippen LogP) is 2.52. The van der Waals surface area contributed by atoms with Crippen molar-refractivity contribution in [2.75, 3.05) is 39.3 Å². The normalized spacial score (nSPS) is 16.5. The minimum Gasteiger partial charge on any atom is -0.492 e. The van der Waals surface area contributed by atoms with Gasteiger partial charge in [-0.1, -0.05) is 18.2 Å². The summed E-state index contributed by atoms with van der Waals surface area (Å²) < 4.78 is 45.5. The van der Waals surface area contributed by atoms with Gasteiger partial charge >= 0.3 is 0 Å². The molecule has 2 aromatic carbocycles. The van der Waals surface area contributed by atoms with Gasteiger partial charge in [0.05, 0.1) is 4.90 Å². The molecule has 5 nitrogen and oxygen atoms in total. The molecule has 0 aliphatic carbocycles. The Labute approximate surface area is 154 Å². The molecular weight excluding hydrogens is 355 g/mol. The van der Waals surface area contributed by atoms with Gasteiger partial charge in [-0.3, -0.25) is 4.90 Å². The fourth-order valence-electron chi connectivity index (χ4n) is 2.95. The largest absolute Gasteiger partial charge is 0.492 e. The van der Waals surface area contributed by atoms with E-state index in [1.54, 1.807) is 0 Å². The first kappa shape index (κ1) is 18.8. The lowest BCUT2D eigenvalue weighted by atomic mass is 10.2. The number of hydrogen-bond acceptors (Lipinski definition) is 4. The van der Waals surface area contributed by atoms with Gasteiger partial charge < -0.3 is 4.74 Å². The Morgan fingerprint density at radius 3 is 2.31 bits per heavy atom. The molecule has 0 aromatic heterocycles. The van der Waals surface area contributed by atoms with Crippen LogP contribution in [0.5, 0.6) is 5.75 Å². The minimum atomic E-state index is -3.56. The van der Waals surface area contributed by atoms with Crippen LogP contribution >= 0.6 is 0 Å². The number of ether oxygens (including phenoxy) is 1. The molecule has 3 rings (SSSR count). The molecule has 26 heavy (non-hydrogen) atoms. The third-order valence-corrected chi connectivity index (χ3v) is 6.45. The standard InChI is InChI=1S/C19H23FN2O3S/c1-16-4-2-3-5-19(16)25-15-14-21-10-12-22(13-11-21)26(23,24)18-8-6-17(20)7-9-18/h2-9H,10-15H2,1H3. The van der Waals surface area contributed by atoms with Crippen molar-refractivity contribution in [2.45, 2.75) is 11.8 Å². The van der Waals surface area contributed by atoms with Gasteiger partial charge in [0.25, 0.3) is 0 Å². The molecule has 0 amide bonds. The van der Waals surface area contributed by atoms with Crippen LogP contribution in [0, 0.1) is 12.7 Å². The summed E-state index contributed by atoms with van der Waals surface area (Å²) in [6.07, 6.45) is 0. The van der Waals surface area contributed by atoms with Crippen molar-refractivity contribution >= 4 is 10.0 Å². The van der Waals surface area contributed by atoms with Gasteiger partial charge in [-0.15, -0.1) is 0 Å². The van der Waals surface area contributed by atoms with Crippen LogP contribution in [0.25, 0.3) is 0 Å². The first-order valence-electron chi connectivity index (χ1n) is 8.63. The van der Waals surface area contributed by atoms with Gasteiger partial charge in [0, 0.05) is 32.7 Å². The van der Waals surface area contributed by atoms with E-state index in [-0.39, 0.29) is 4.90 Å². The van der Waals surface area contributed by atoms with E-state index in [2.05, 4.69) is 4.90 Å². The lowest BCUT2D eigenvalue weighted by molar-refractivity contribution is 0.158. The van der Waals surface area contributed by atoms with Crippen molar-refractivity contribution in [2.24, 2.45) is 0 Å². The highest BCUT2D eigenvalue weighted by Crippen LogP contribution is 2.19. The van der Waals surface area contributed by atoms with Gasteiger partial charge in [-0.2, -0.15) is 4.31 Å².